The van der Waals surface area contributed by atoms with E-state index in [4.69, 9.17) is 4.98 Å². The molecular weight excluding hydrogens is 254 g/mol. The Balaban J connectivity index is 1.51. The Hall–Kier alpha value is -0.610. The number of aromatic nitrogens is 1. The molecule has 2 atom stereocenters. The Bertz CT molecular complexity index is 466. The number of piperidine rings is 1. The highest BCUT2D eigenvalue weighted by Gasteiger charge is 2.39. The van der Waals surface area contributed by atoms with Crippen LogP contribution in [-0.2, 0) is 13.0 Å². The summed E-state index contributed by atoms with van der Waals surface area (Å²) in [6.45, 7) is 4.53. The maximum atomic E-state index is 4.93. The van der Waals surface area contributed by atoms with E-state index in [0.29, 0.717) is 0 Å². The summed E-state index contributed by atoms with van der Waals surface area (Å²) in [5, 5.41) is 4.94. The topological polar surface area (TPSA) is 28.2 Å². The van der Waals surface area contributed by atoms with E-state index in [1.54, 1.807) is 0 Å². The fourth-order valence-electron chi connectivity index (χ4n) is 3.59. The van der Waals surface area contributed by atoms with E-state index >= 15 is 0 Å². The van der Waals surface area contributed by atoms with Gasteiger partial charge in [0.05, 0.1) is 5.69 Å². The van der Waals surface area contributed by atoms with Crippen LogP contribution in [0.2, 0.25) is 0 Å². The molecule has 0 aromatic carbocycles. The van der Waals surface area contributed by atoms with E-state index in [-0.39, 0.29) is 0 Å². The normalized spacial score (nSPS) is 29.4. The highest BCUT2D eigenvalue weighted by atomic mass is 32.1. The Morgan fingerprint density at radius 1 is 1.32 bits per heavy atom. The average molecular weight is 277 g/mol. The maximum Gasteiger partial charge on any atom is 0.186 e. The summed E-state index contributed by atoms with van der Waals surface area (Å²) in [6, 6.07) is 1.59. The molecule has 3 fully saturated rings. The summed E-state index contributed by atoms with van der Waals surface area (Å²) in [6.07, 6.45) is 8.05. The average Bonchev–Trinajstić information content (AvgIpc) is 2.89. The van der Waals surface area contributed by atoms with Crippen LogP contribution in [0.4, 0.5) is 5.13 Å². The van der Waals surface area contributed by atoms with Gasteiger partial charge in [0.2, 0.25) is 0 Å². The summed E-state index contributed by atoms with van der Waals surface area (Å²) in [7, 11) is 0. The van der Waals surface area contributed by atoms with Crippen molar-refractivity contribution in [1.29, 1.82) is 0 Å². The Morgan fingerprint density at radius 2 is 2.21 bits per heavy atom. The second-order valence-electron chi connectivity index (χ2n) is 6.36. The molecule has 3 aliphatic rings. The van der Waals surface area contributed by atoms with Crippen LogP contribution in [-0.4, -0.2) is 23.6 Å². The second-order valence-corrected chi connectivity index (χ2v) is 7.42. The van der Waals surface area contributed by atoms with Crippen LogP contribution in [0.25, 0.3) is 0 Å². The molecule has 0 radical (unpaired) electrons. The van der Waals surface area contributed by atoms with Crippen molar-refractivity contribution in [2.24, 2.45) is 5.92 Å². The first-order valence-corrected chi connectivity index (χ1v) is 8.63. The molecule has 2 unspecified atom stereocenters. The van der Waals surface area contributed by atoms with Gasteiger partial charge in [0.25, 0.3) is 0 Å². The summed E-state index contributed by atoms with van der Waals surface area (Å²) < 4.78 is 0. The molecule has 1 aliphatic heterocycles. The third-order valence-electron chi connectivity index (χ3n) is 4.89. The predicted octanol–water partition coefficient (Wildman–Crippen LogP) is 2.95. The van der Waals surface area contributed by atoms with Crippen LogP contribution < -0.4 is 10.2 Å². The zero-order chi connectivity index (χ0) is 12.8. The van der Waals surface area contributed by atoms with E-state index in [1.165, 1.54) is 54.4 Å². The molecule has 19 heavy (non-hydrogen) atoms. The largest absolute Gasteiger partial charge is 0.345 e. The van der Waals surface area contributed by atoms with E-state index in [9.17, 15) is 0 Å². The van der Waals surface area contributed by atoms with Gasteiger partial charge in [-0.2, -0.15) is 0 Å². The van der Waals surface area contributed by atoms with Gasteiger partial charge in [0, 0.05) is 30.1 Å². The zero-order valence-electron chi connectivity index (χ0n) is 11.7. The summed E-state index contributed by atoms with van der Waals surface area (Å²) in [5.74, 6) is 0.951. The molecule has 0 amide bonds. The first-order valence-electron chi connectivity index (χ1n) is 7.82. The van der Waals surface area contributed by atoms with Gasteiger partial charge in [-0.3, -0.25) is 0 Å². The molecule has 104 valence electrons. The van der Waals surface area contributed by atoms with Crippen LogP contribution in [0, 0.1) is 5.92 Å². The lowest BCUT2D eigenvalue weighted by atomic mass is 10.1. The number of hydrogen-bond acceptors (Lipinski definition) is 4. The van der Waals surface area contributed by atoms with Gasteiger partial charge < -0.3 is 10.2 Å². The van der Waals surface area contributed by atoms with Crippen molar-refractivity contribution < 1.29 is 0 Å². The van der Waals surface area contributed by atoms with Crippen molar-refractivity contribution >= 4 is 16.5 Å². The smallest absolute Gasteiger partial charge is 0.186 e. The van der Waals surface area contributed by atoms with Crippen LogP contribution >= 0.6 is 11.3 Å². The minimum atomic E-state index is 0.790. The zero-order valence-corrected chi connectivity index (χ0v) is 12.5. The van der Waals surface area contributed by atoms with E-state index in [0.717, 1.165) is 31.0 Å². The highest BCUT2D eigenvalue weighted by Crippen LogP contribution is 2.42. The molecule has 1 aromatic heterocycles. The van der Waals surface area contributed by atoms with E-state index in [2.05, 4.69) is 17.1 Å². The molecule has 2 bridgehead atoms. The minimum absolute atomic E-state index is 0.790. The van der Waals surface area contributed by atoms with Crippen LogP contribution in [0.15, 0.2) is 0 Å². The Labute approximate surface area is 119 Å². The van der Waals surface area contributed by atoms with Crippen molar-refractivity contribution in [3.05, 3.63) is 10.6 Å². The van der Waals surface area contributed by atoms with Crippen molar-refractivity contribution in [3.8, 4) is 0 Å². The fourth-order valence-corrected chi connectivity index (χ4v) is 4.77. The van der Waals surface area contributed by atoms with Gasteiger partial charge >= 0.3 is 0 Å². The highest BCUT2D eigenvalue weighted by molar-refractivity contribution is 7.15. The van der Waals surface area contributed by atoms with Crippen LogP contribution in [0.5, 0.6) is 0 Å². The number of aryl methyl sites for hydroxylation is 1. The molecule has 2 heterocycles. The number of anilines is 1. The fraction of sp³-hybridized carbons (Fsp3) is 0.800. The molecule has 1 N–H and O–H groups in total. The predicted molar refractivity (Wildman–Crippen MR) is 79.8 cm³/mol. The lowest BCUT2D eigenvalue weighted by Crippen LogP contribution is -2.31. The molecule has 1 aromatic rings. The van der Waals surface area contributed by atoms with Crippen LogP contribution in [0.1, 0.15) is 49.6 Å². The molecule has 0 spiro atoms. The van der Waals surface area contributed by atoms with E-state index in [1.807, 2.05) is 11.3 Å². The SMILES string of the molecule is CCc1nc(N2CC3CCC2C3)sc1CNC1CC1. The molecular formula is C15H23N3S. The van der Waals surface area contributed by atoms with Crippen molar-refractivity contribution in [1.82, 2.24) is 10.3 Å². The monoisotopic (exact) mass is 277 g/mol. The van der Waals surface area contributed by atoms with Gasteiger partial charge in [-0.15, -0.1) is 11.3 Å². The number of nitrogens with zero attached hydrogens (tertiary/aromatic N) is 2. The molecule has 4 rings (SSSR count). The van der Waals surface area contributed by atoms with Crippen molar-refractivity contribution in [3.63, 3.8) is 0 Å². The minimum Gasteiger partial charge on any atom is -0.345 e. The number of rotatable bonds is 5. The third-order valence-corrected chi connectivity index (χ3v) is 6.02. The summed E-state index contributed by atoms with van der Waals surface area (Å²) in [5.41, 5.74) is 1.33. The second kappa shape index (κ2) is 4.74. The maximum absolute atomic E-state index is 4.93. The Morgan fingerprint density at radius 3 is 2.84 bits per heavy atom. The molecule has 4 heteroatoms. The number of hydrogen-bond donors (Lipinski definition) is 1. The van der Waals surface area contributed by atoms with Gasteiger partial charge in [0.15, 0.2) is 5.13 Å². The van der Waals surface area contributed by atoms with Crippen LogP contribution in [0.3, 0.4) is 0 Å². The molecule has 3 nitrogen and oxygen atoms in total. The van der Waals surface area contributed by atoms with Gasteiger partial charge in [-0.1, -0.05) is 6.92 Å². The molecule has 2 saturated carbocycles. The van der Waals surface area contributed by atoms with E-state index < -0.39 is 0 Å². The lowest BCUT2D eigenvalue weighted by Gasteiger charge is -2.26. The first kappa shape index (κ1) is 12.2. The quantitative estimate of drug-likeness (QED) is 0.897. The summed E-state index contributed by atoms with van der Waals surface area (Å²) >= 11 is 1.94. The Kier molecular flexibility index (Phi) is 3.03. The summed E-state index contributed by atoms with van der Waals surface area (Å²) in [4.78, 5) is 9.01. The van der Waals surface area contributed by atoms with Crippen molar-refractivity contribution in [2.75, 3.05) is 11.4 Å². The van der Waals surface area contributed by atoms with Crippen molar-refractivity contribution in [2.45, 2.75) is 64.1 Å². The number of fused-ring (bicyclic) bond motifs is 2. The first-order chi connectivity index (χ1) is 9.33. The van der Waals surface area contributed by atoms with Gasteiger partial charge in [-0.25, -0.2) is 4.98 Å². The standard InChI is InChI=1S/C15H23N3S/c1-2-13-14(8-16-11-4-5-11)19-15(17-13)18-9-10-3-6-12(18)7-10/h10-12,16H,2-9H2,1H3. The van der Waals surface area contributed by atoms with Gasteiger partial charge in [-0.05, 0) is 44.4 Å². The molecule has 1 saturated heterocycles. The number of nitrogens with one attached hydrogen (secondary N) is 1. The lowest BCUT2D eigenvalue weighted by molar-refractivity contribution is 0.552. The van der Waals surface area contributed by atoms with Gasteiger partial charge in [0.1, 0.15) is 0 Å². The number of thiazole rings is 1. The third kappa shape index (κ3) is 2.29. The molecule has 2 aliphatic carbocycles.